The number of nitrogens with zero attached hydrogens (tertiary/aromatic N) is 1. The predicted octanol–water partition coefficient (Wildman–Crippen LogP) is 7.75. The van der Waals surface area contributed by atoms with Crippen molar-refractivity contribution in [2.75, 3.05) is 12.4 Å². The third-order valence-corrected chi connectivity index (χ3v) is 6.16. The third kappa shape index (κ3) is 6.33. The number of hydrogen-bond acceptors (Lipinski definition) is 4. The summed E-state index contributed by atoms with van der Waals surface area (Å²) in [6.45, 7) is 0.276. The lowest BCUT2D eigenvalue weighted by Crippen LogP contribution is -2.14. The number of anilines is 1. The molecule has 0 radical (unpaired) electrons. The van der Waals surface area contributed by atoms with Gasteiger partial charge in [0.25, 0.3) is 5.91 Å². The number of benzene rings is 4. The topological polar surface area (TPSA) is 71.3 Å². The summed E-state index contributed by atoms with van der Waals surface area (Å²) in [6.07, 6.45) is -3.25. The predicted molar refractivity (Wildman–Crippen MR) is 143 cm³/mol. The van der Waals surface area contributed by atoms with Crippen molar-refractivity contribution in [3.8, 4) is 17.6 Å². The van der Waals surface area contributed by atoms with E-state index in [0.29, 0.717) is 21.5 Å². The van der Waals surface area contributed by atoms with E-state index in [4.69, 9.17) is 9.47 Å². The Hall–Kier alpha value is -4.29. The summed E-state index contributed by atoms with van der Waals surface area (Å²) < 4.78 is 50.9. The van der Waals surface area contributed by atoms with Crippen LogP contribution in [0, 0.1) is 11.3 Å². The molecule has 0 atom stereocenters. The van der Waals surface area contributed by atoms with Crippen molar-refractivity contribution in [3.63, 3.8) is 0 Å². The van der Waals surface area contributed by atoms with Gasteiger partial charge in [0.1, 0.15) is 18.2 Å². The second-order valence-electron chi connectivity index (χ2n) is 8.21. The molecular weight excluding hydrogens is 561 g/mol. The van der Waals surface area contributed by atoms with E-state index in [1.807, 2.05) is 42.5 Å². The monoisotopic (exact) mass is 580 g/mol. The van der Waals surface area contributed by atoms with Crippen molar-refractivity contribution in [2.24, 2.45) is 0 Å². The molecule has 0 spiro atoms. The molecule has 0 unspecified atom stereocenters. The Kier molecular flexibility index (Phi) is 8.03. The summed E-state index contributed by atoms with van der Waals surface area (Å²) >= 11 is 3.46. The van der Waals surface area contributed by atoms with Crippen LogP contribution in [0.2, 0.25) is 0 Å². The van der Waals surface area contributed by atoms with E-state index >= 15 is 0 Å². The van der Waals surface area contributed by atoms with Crippen molar-refractivity contribution in [2.45, 2.75) is 12.8 Å². The SMILES string of the molecule is COc1cc(/C=C(/C#N)C(=O)Nc2cccc(C(F)(F)F)c2)cc(Br)c1OCc1ccc2ccccc2c1. The molecule has 4 aromatic rings. The van der Waals surface area contributed by atoms with Gasteiger partial charge in [-0.1, -0.05) is 42.5 Å². The van der Waals surface area contributed by atoms with E-state index in [9.17, 15) is 23.2 Å². The average molecular weight is 581 g/mol. The number of nitriles is 1. The van der Waals surface area contributed by atoms with Crippen LogP contribution >= 0.6 is 15.9 Å². The lowest BCUT2D eigenvalue weighted by atomic mass is 10.1. The van der Waals surface area contributed by atoms with E-state index in [2.05, 4.69) is 21.2 Å². The zero-order chi connectivity index (χ0) is 27.3. The van der Waals surface area contributed by atoms with Gasteiger partial charge in [0.15, 0.2) is 11.5 Å². The van der Waals surface area contributed by atoms with Gasteiger partial charge in [0.05, 0.1) is 17.1 Å². The maximum absolute atomic E-state index is 13.0. The first kappa shape index (κ1) is 26.8. The fourth-order valence-electron chi connectivity index (χ4n) is 3.73. The Morgan fingerprint density at radius 1 is 1.03 bits per heavy atom. The molecule has 9 heteroatoms. The van der Waals surface area contributed by atoms with Crippen LogP contribution in [0.3, 0.4) is 0 Å². The molecule has 4 rings (SSSR count). The molecule has 192 valence electrons. The molecule has 0 aliphatic rings. The van der Waals surface area contributed by atoms with Gasteiger partial charge >= 0.3 is 6.18 Å². The second kappa shape index (κ2) is 11.4. The van der Waals surface area contributed by atoms with Crippen LogP contribution in [0.25, 0.3) is 16.8 Å². The van der Waals surface area contributed by atoms with Crippen LogP contribution in [0.4, 0.5) is 18.9 Å². The first-order valence-corrected chi connectivity index (χ1v) is 12.1. The van der Waals surface area contributed by atoms with Gasteiger partial charge in [0, 0.05) is 5.69 Å². The number of alkyl halides is 3. The van der Waals surface area contributed by atoms with Crippen molar-refractivity contribution in [3.05, 3.63) is 106 Å². The molecule has 0 saturated carbocycles. The number of methoxy groups -OCH3 is 1. The van der Waals surface area contributed by atoms with Crippen LogP contribution in [-0.4, -0.2) is 13.0 Å². The fraction of sp³-hybridized carbons (Fsp3) is 0.103. The van der Waals surface area contributed by atoms with Gasteiger partial charge < -0.3 is 14.8 Å². The highest BCUT2D eigenvalue weighted by Gasteiger charge is 2.30. The molecular formula is C29H20BrF3N2O3. The van der Waals surface area contributed by atoms with Gasteiger partial charge in [-0.3, -0.25) is 4.79 Å². The Morgan fingerprint density at radius 2 is 1.79 bits per heavy atom. The van der Waals surface area contributed by atoms with Crippen LogP contribution in [-0.2, 0) is 17.6 Å². The summed E-state index contributed by atoms with van der Waals surface area (Å²) in [6, 6.07) is 23.2. The van der Waals surface area contributed by atoms with Crippen molar-refractivity contribution < 1.29 is 27.4 Å². The number of amides is 1. The van der Waals surface area contributed by atoms with E-state index in [0.717, 1.165) is 28.5 Å². The summed E-state index contributed by atoms with van der Waals surface area (Å²) in [5.41, 5.74) is 0.108. The molecule has 0 aromatic heterocycles. The number of ether oxygens (including phenoxy) is 2. The molecule has 5 nitrogen and oxygen atoms in total. The zero-order valence-corrected chi connectivity index (χ0v) is 21.6. The van der Waals surface area contributed by atoms with E-state index in [-0.39, 0.29) is 17.9 Å². The van der Waals surface area contributed by atoms with Gasteiger partial charge in [-0.15, -0.1) is 0 Å². The van der Waals surface area contributed by atoms with Crippen molar-refractivity contribution in [1.29, 1.82) is 5.26 Å². The maximum atomic E-state index is 13.0. The van der Waals surface area contributed by atoms with Gasteiger partial charge in [-0.25, -0.2) is 0 Å². The Morgan fingerprint density at radius 3 is 2.50 bits per heavy atom. The highest BCUT2D eigenvalue weighted by molar-refractivity contribution is 9.10. The van der Waals surface area contributed by atoms with Crippen LogP contribution in [0.5, 0.6) is 11.5 Å². The van der Waals surface area contributed by atoms with Gasteiger partial charge in [-0.05, 0) is 80.3 Å². The standard InChI is InChI=1S/C29H20BrF3N2O3/c1-37-26-14-19(12-22(16-34)28(36)35-24-8-4-7-23(15-24)29(31,32)33)13-25(30)27(26)38-17-18-9-10-20-5-2-3-6-21(20)11-18/h2-15H,17H2,1H3,(H,35,36)/b22-12-. The van der Waals surface area contributed by atoms with E-state index in [1.165, 1.54) is 25.3 Å². The summed E-state index contributed by atoms with van der Waals surface area (Å²) in [7, 11) is 1.46. The number of halogens is 4. The Balaban J connectivity index is 1.53. The van der Waals surface area contributed by atoms with Crippen molar-refractivity contribution >= 4 is 44.4 Å². The second-order valence-corrected chi connectivity index (χ2v) is 9.06. The number of hydrogen-bond donors (Lipinski definition) is 1. The highest BCUT2D eigenvalue weighted by atomic mass is 79.9. The Bertz CT molecular complexity index is 1580. The molecule has 0 heterocycles. The molecule has 1 amide bonds. The van der Waals surface area contributed by atoms with Crippen LogP contribution in [0.1, 0.15) is 16.7 Å². The zero-order valence-electron chi connectivity index (χ0n) is 20.0. The summed E-state index contributed by atoms with van der Waals surface area (Å²) in [5, 5.41) is 14.1. The van der Waals surface area contributed by atoms with E-state index in [1.54, 1.807) is 18.2 Å². The number of nitrogens with one attached hydrogen (secondary N) is 1. The maximum Gasteiger partial charge on any atom is 0.416 e. The lowest BCUT2D eigenvalue weighted by Gasteiger charge is -2.14. The quantitative estimate of drug-likeness (QED) is 0.179. The first-order chi connectivity index (χ1) is 18.2. The van der Waals surface area contributed by atoms with Crippen LogP contribution < -0.4 is 14.8 Å². The average Bonchev–Trinajstić information content (AvgIpc) is 2.90. The summed E-state index contributed by atoms with van der Waals surface area (Å²) in [4.78, 5) is 12.6. The molecule has 0 bridgehead atoms. The van der Waals surface area contributed by atoms with Gasteiger partial charge in [0.2, 0.25) is 0 Å². The fourth-order valence-corrected chi connectivity index (χ4v) is 4.31. The largest absolute Gasteiger partial charge is 0.493 e. The number of fused-ring (bicyclic) bond motifs is 1. The minimum absolute atomic E-state index is 0.0813. The minimum Gasteiger partial charge on any atom is -0.493 e. The molecule has 0 aliphatic carbocycles. The minimum atomic E-state index is -4.56. The molecule has 4 aromatic carbocycles. The molecule has 1 N–H and O–H groups in total. The Labute approximate surface area is 225 Å². The number of carbonyl (C=O) groups is 1. The lowest BCUT2D eigenvalue weighted by molar-refractivity contribution is -0.137. The molecule has 38 heavy (non-hydrogen) atoms. The van der Waals surface area contributed by atoms with Crippen molar-refractivity contribution in [1.82, 2.24) is 0 Å². The normalized spacial score (nSPS) is 11.6. The smallest absolute Gasteiger partial charge is 0.416 e. The summed E-state index contributed by atoms with van der Waals surface area (Å²) in [5.74, 6) is -0.0507. The number of carbonyl (C=O) groups excluding carboxylic acids is 1. The molecule has 0 fully saturated rings. The molecule has 0 aliphatic heterocycles. The van der Waals surface area contributed by atoms with Crippen LogP contribution in [0.15, 0.2) is 88.9 Å². The molecule has 0 saturated heterocycles. The third-order valence-electron chi connectivity index (χ3n) is 5.57. The van der Waals surface area contributed by atoms with Gasteiger partial charge in [-0.2, -0.15) is 18.4 Å². The number of rotatable bonds is 7. The first-order valence-electron chi connectivity index (χ1n) is 11.3. The highest BCUT2D eigenvalue weighted by Crippen LogP contribution is 2.38. The van der Waals surface area contributed by atoms with E-state index < -0.39 is 17.6 Å².